The van der Waals surface area contributed by atoms with Crippen molar-refractivity contribution in [3.05, 3.63) is 53.1 Å². The van der Waals surface area contributed by atoms with E-state index in [1.54, 1.807) is 38.5 Å². The summed E-state index contributed by atoms with van der Waals surface area (Å²) in [5.74, 6) is 1.08. The molecular weight excluding hydrogens is 368 g/mol. The molecular formula is C19H22N2O5S. The molecule has 8 heteroatoms. The Morgan fingerprint density at radius 1 is 1.11 bits per heavy atom. The fourth-order valence-electron chi connectivity index (χ4n) is 3.11. The third kappa shape index (κ3) is 4.16. The summed E-state index contributed by atoms with van der Waals surface area (Å²) in [5, 5.41) is 2.87. The van der Waals surface area contributed by atoms with Crippen molar-refractivity contribution in [1.82, 2.24) is 5.32 Å². The van der Waals surface area contributed by atoms with Crippen LogP contribution in [0.15, 0.2) is 36.4 Å². The molecule has 0 aromatic heterocycles. The maximum absolute atomic E-state index is 12.5. The molecule has 0 aliphatic carbocycles. The second kappa shape index (κ2) is 7.48. The number of amides is 1. The van der Waals surface area contributed by atoms with Crippen LogP contribution in [-0.2, 0) is 23.0 Å². The van der Waals surface area contributed by atoms with Crippen molar-refractivity contribution in [2.75, 3.05) is 31.3 Å². The first kappa shape index (κ1) is 19.0. The number of hydrogen-bond acceptors (Lipinski definition) is 5. The SMILES string of the molecule is COc1cc(CNC(=O)c2ccc3c(c2)CCN3S(C)(=O)=O)cc(OC)c1. The number of methoxy groups -OCH3 is 2. The summed E-state index contributed by atoms with van der Waals surface area (Å²) < 4.78 is 35.4. The topological polar surface area (TPSA) is 84.9 Å². The first-order valence-corrected chi connectivity index (χ1v) is 10.3. The van der Waals surface area contributed by atoms with Crippen LogP contribution in [0, 0.1) is 0 Å². The van der Waals surface area contributed by atoms with Gasteiger partial charge in [0.25, 0.3) is 5.91 Å². The second-order valence-corrected chi connectivity index (χ2v) is 8.24. The number of anilines is 1. The van der Waals surface area contributed by atoms with Crippen LogP contribution in [0.3, 0.4) is 0 Å². The van der Waals surface area contributed by atoms with E-state index in [4.69, 9.17) is 9.47 Å². The average molecular weight is 390 g/mol. The molecule has 0 saturated carbocycles. The van der Waals surface area contributed by atoms with Crippen molar-refractivity contribution < 1.29 is 22.7 Å². The highest BCUT2D eigenvalue weighted by molar-refractivity contribution is 7.92. The van der Waals surface area contributed by atoms with Crippen molar-refractivity contribution in [3.8, 4) is 11.5 Å². The maximum atomic E-state index is 12.5. The van der Waals surface area contributed by atoms with Gasteiger partial charge in [0.1, 0.15) is 11.5 Å². The van der Waals surface area contributed by atoms with Crippen molar-refractivity contribution >= 4 is 21.6 Å². The highest BCUT2D eigenvalue weighted by Crippen LogP contribution is 2.30. The smallest absolute Gasteiger partial charge is 0.251 e. The summed E-state index contributed by atoms with van der Waals surface area (Å²) in [6.07, 6.45) is 1.78. The Morgan fingerprint density at radius 3 is 2.37 bits per heavy atom. The maximum Gasteiger partial charge on any atom is 0.251 e. The van der Waals surface area contributed by atoms with E-state index >= 15 is 0 Å². The number of sulfonamides is 1. The molecule has 27 heavy (non-hydrogen) atoms. The molecule has 144 valence electrons. The highest BCUT2D eigenvalue weighted by Gasteiger charge is 2.26. The van der Waals surface area contributed by atoms with Gasteiger partial charge < -0.3 is 14.8 Å². The van der Waals surface area contributed by atoms with Gasteiger partial charge in [-0.3, -0.25) is 9.10 Å². The van der Waals surface area contributed by atoms with Crippen molar-refractivity contribution in [3.63, 3.8) is 0 Å². The summed E-state index contributed by atoms with van der Waals surface area (Å²) in [5.41, 5.74) is 2.85. The van der Waals surface area contributed by atoms with E-state index in [0.717, 1.165) is 11.1 Å². The molecule has 0 spiro atoms. The van der Waals surface area contributed by atoms with Crippen molar-refractivity contribution in [2.45, 2.75) is 13.0 Å². The molecule has 2 aromatic carbocycles. The van der Waals surface area contributed by atoms with Gasteiger partial charge in [-0.1, -0.05) is 0 Å². The quantitative estimate of drug-likeness (QED) is 0.815. The highest BCUT2D eigenvalue weighted by atomic mass is 32.2. The Kier molecular flexibility index (Phi) is 5.27. The van der Waals surface area contributed by atoms with Crippen LogP contribution >= 0.6 is 0 Å². The Labute approximate surface area is 158 Å². The van der Waals surface area contributed by atoms with E-state index in [1.165, 1.54) is 10.6 Å². The largest absolute Gasteiger partial charge is 0.497 e. The van der Waals surface area contributed by atoms with Gasteiger partial charge in [0.2, 0.25) is 10.0 Å². The third-order valence-corrected chi connectivity index (χ3v) is 5.64. The number of ether oxygens (including phenoxy) is 2. The van der Waals surface area contributed by atoms with Crippen LogP contribution in [0.2, 0.25) is 0 Å². The Hall–Kier alpha value is -2.74. The molecule has 0 bridgehead atoms. The molecule has 2 aromatic rings. The molecule has 0 unspecified atom stereocenters. The number of rotatable bonds is 6. The lowest BCUT2D eigenvalue weighted by Crippen LogP contribution is -2.27. The van der Waals surface area contributed by atoms with Gasteiger partial charge in [-0.15, -0.1) is 0 Å². The number of nitrogens with one attached hydrogen (secondary N) is 1. The van der Waals surface area contributed by atoms with E-state index in [2.05, 4.69) is 5.32 Å². The van der Waals surface area contributed by atoms with Gasteiger partial charge in [-0.05, 0) is 47.9 Å². The standard InChI is InChI=1S/C19H22N2O5S/c1-25-16-8-13(9-17(11-16)26-2)12-20-19(22)15-4-5-18-14(10-15)6-7-21(18)27(3,23)24/h4-5,8-11H,6-7,12H2,1-3H3,(H,20,22). The third-order valence-electron chi connectivity index (χ3n) is 4.46. The average Bonchev–Trinajstić information content (AvgIpc) is 3.09. The molecule has 0 atom stereocenters. The van der Waals surface area contributed by atoms with Crippen molar-refractivity contribution in [1.29, 1.82) is 0 Å². The van der Waals surface area contributed by atoms with Crippen LogP contribution in [0.5, 0.6) is 11.5 Å². The molecule has 3 rings (SSSR count). The zero-order valence-electron chi connectivity index (χ0n) is 15.5. The van der Waals surface area contributed by atoms with Crippen LogP contribution in [0.25, 0.3) is 0 Å². The summed E-state index contributed by atoms with van der Waals surface area (Å²) >= 11 is 0. The zero-order valence-corrected chi connectivity index (χ0v) is 16.3. The number of nitrogens with zero attached hydrogens (tertiary/aromatic N) is 1. The molecule has 1 aliphatic rings. The number of hydrogen-bond donors (Lipinski definition) is 1. The minimum atomic E-state index is -3.30. The molecule has 1 heterocycles. The van der Waals surface area contributed by atoms with Gasteiger partial charge in [0.05, 0.1) is 26.2 Å². The van der Waals surface area contributed by atoms with Gasteiger partial charge >= 0.3 is 0 Å². The molecule has 1 N–H and O–H groups in total. The molecule has 0 saturated heterocycles. The van der Waals surface area contributed by atoms with E-state index in [1.807, 2.05) is 12.1 Å². The van der Waals surface area contributed by atoms with Crippen molar-refractivity contribution in [2.24, 2.45) is 0 Å². The van der Waals surface area contributed by atoms with Gasteiger partial charge in [0.15, 0.2) is 0 Å². The van der Waals surface area contributed by atoms with E-state index in [0.29, 0.717) is 42.3 Å². The van der Waals surface area contributed by atoms with Crippen LogP contribution < -0.4 is 19.1 Å². The predicted octanol–water partition coefficient (Wildman–Crippen LogP) is 1.96. The van der Waals surface area contributed by atoms with Crippen LogP contribution in [0.1, 0.15) is 21.5 Å². The van der Waals surface area contributed by atoms with Crippen LogP contribution in [-0.4, -0.2) is 41.3 Å². The Bertz CT molecular complexity index is 950. The second-order valence-electron chi connectivity index (χ2n) is 6.33. The van der Waals surface area contributed by atoms with Gasteiger partial charge in [-0.2, -0.15) is 0 Å². The number of benzene rings is 2. The first-order chi connectivity index (χ1) is 12.8. The number of carbonyl (C=O) groups excluding carboxylic acids is 1. The van der Waals surface area contributed by atoms with E-state index in [-0.39, 0.29) is 5.91 Å². The number of fused-ring (bicyclic) bond motifs is 1. The summed E-state index contributed by atoms with van der Waals surface area (Å²) in [7, 11) is -0.158. The zero-order chi connectivity index (χ0) is 19.6. The predicted molar refractivity (Wildman–Crippen MR) is 103 cm³/mol. The lowest BCUT2D eigenvalue weighted by atomic mass is 10.1. The van der Waals surface area contributed by atoms with Gasteiger partial charge in [0, 0.05) is 24.7 Å². The monoisotopic (exact) mass is 390 g/mol. The summed E-state index contributed by atoms with van der Waals surface area (Å²) in [6, 6.07) is 10.5. The summed E-state index contributed by atoms with van der Waals surface area (Å²) in [4.78, 5) is 12.5. The lowest BCUT2D eigenvalue weighted by Gasteiger charge is -2.16. The molecule has 7 nitrogen and oxygen atoms in total. The van der Waals surface area contributed by atoms with E-state index in [9.17, 15) is 13.2 Å². The minimum Gasteiger partial charge on any atom is -0.497 e. The fourth-order valence-corrected chi connectivity index (χ4v) is 4.07. The number of carbonyl (C=O) groups is 1. The van der Waals surface area contributed by atoms with Gasteiger partial charge in [-0.25, -0.2) is 8.42 Å². The molecule has 0 radical (unpaired) electrons. The Balaban J connectivity index is 1.73. The summed E-state index contributed by atoms with van der Waals surface area (Å²) in [6.45, 7) is 0.724. The first-order valence-electron chi connectivity index (χ1n) is 8.42. The minimum absolute atomic E-state index is 0.225. The molecule has 0 fully saturated rings. The van der Waals surface area contributed by atoms with Crippen LogP contribution in [0.4, 0.5) is 5.69 Å². The normalized spacial score (nSPS) is 13.2. The molecule has 1 amide bonds. The molecule has 1 aliphatic heterocycles. The Morgan fingerprint density at radius 2 is 1.78 bits per heavy atom. The van der Waals surface area contributed by atoms with E-state index < -0.39 is 10.0 Å². The lowest BCUT2D eigenvalue weighted by molar-refractivity contribution is 0.0950. The fraction of sp³-hybridized carbons (Fsp3) is 0.316.